The molecule has 2 aromatic rings. The SMILES string of the molecule is CC(C)(C(=O)O)N1CCc2cc(OCc3ccccc3)ccc2C1=O. The van der Waals surface area contributed by atoms with Crippen LogP contribution in [0.25, 0.3) is 0 Å². The Balaban J connectivity index is 1.77. The summed E-state index contributed by atoms with van der Waals surface area (Å²) in [6.07, 6.45) is 0.611. The number of carboxylic acid groups (broad SMARTS) is 1. The van der Waals surface area contributed by atoms with Gasteiger partial charge in [-0.15, -0.1) is 0 Å². The van der Waals surface area contributed by atoms with Crippen LogP contribution < -0.4 is 4.74 Å². The van der Waals surface area contributed by atoms with E-state index in [1.807, 2.05) is 36.4 Å². The first-order chi connectivity index (χ1) is 11.9. The molecule has 0 fully saturated rings. The van der Waals surface area contributed by atoms with Crippen LogP contribution in [0.15, 0.2) is 48.5 Å². The molecule has 5 nitrogen and oxygen atoms in total. The minimum absolute atomic E-state index is 0.247. The summed E-state index contributed by atoms with van der Waals surface area (Å²) >= 11 is 0. The number of carbonyl (C=O) groups is 2. The predicted molar refractivity (Wildman–Crippen MR) is 93.7 cm³/mol. The molecular weight excluding hydrogens is 318 g/mol. The van der Waals surface area contributed by atoms with Gasteiger partial charge >= 0.3 is 5.97 Å². The molecule has 3 rings (SSSR count). The molecule has 0 saturated carbocycles. The Labute approximate surface area is 146 Å². The fourth-order valence-corrected chi connectivity index (χ4v) is 2.94. The van der Waals surface area contributed by atoms with E-state index in [-0.39, 0.29) is 5.91 Å². The van der Waals surface area contributed by atoms with E-state index < -0.39 is 11.5 Å². The maximum Gasteiger partial charge on any atom is 0.329 e. The molecule has 130 valence electrons. The maximum atomic E-state index is 12.7. The second-order valence-electron chi connectivity index (χ2n) is 6.66. The number of ether oxygens (including phenoxy) is 1. The van der Waals surface area contributed by atoms with Gasteiger partial charge in [0.05, 0.1) is 0 Å². The molecule has 0 spiro atoms. The number of amides is 1. The predicted octanol–water partition coefficient (Wildman–Crippen LogP) is 3.13. The van der Waals surface area contributed by atoms with E-state index in [1.54, 1.807) is 26.0 Å². The number of aliphatic carboxylic acids is 1. The van der Waals surface area contributed by atoms with Crippen molar-refractivity contribution in [1.82, 2.24) is 4.90 Å². The van der Waals surface area contributed by atoms with Crippen LogP contribution in [-0.2, 0) is 17.8 Å². The van der Waals surface area contributed by atoms with Gasteiger partial charge in [-0.2, -0.15) is 0 Å². The maximum absolute atomic E-state index is 12.7. The van der Waals surface area contributed by atoms with Crippen LogP contribution >= 0.6 is 0 Å². The zero-order valence-corrected chi connectivity index (χ0v) is 14.4. The largest absolute Gasteiger partial charge is 0.489 e. The van der Waals surface area contributed by atoms with Gasteiger partial charge in [0.2, 0.25) is 0 Å². The summed E-state index contributed by atoms with van der Waals surface area (Å²) in [5, 5.41) is 9.37. The summed E-state index contributed by atoms with van der Waals surface area (Å²) in [6.45, 7) is 3.95. The van der Waals surface area contributed by atoms with Crippen molar-refractivity contribution in [2.75, 3.05) is 6.54 Å². The molecule has 5 heteroatoms. The highest BCUT2D eigenvalue weighted by molar-refractivity contribution is 6.00. The van der Waals surface area contributed by atoms with Crippen LogP contribution in [-0.4, -0.2) is 34.0 Å². The molecule has 0 saturated heterocycles. The number of hydrogen-bond donors (Lipinski definition) is 1. The smallest absolute Gasteiger partial charge is 0.329 e. The molecule has 1 amide bonds. The lowest BCUT2D eigenvalue weighted by molar-refractivity contribution is -0.147. The number of carbonyl (C=O) groups excluding carboxylic acids is 1. The summed E-state index contributed by atoms with van der Waals surface area (Å²) in [4.78, 5) is 25.5. The molecule has 1 aliphatic heterocycles. The Kier molecular flexibility index (Phi) is 4.49. The molecule has 0 unspecified atom stereocenters. The van der Waals surface area contributed by atoms with Crippen molar-refractivity contribution in [2.45, 2.75) is 32.4 Å². The van der Waals surface area contributed by atoms with Crippen LogP contribution in [0.5, 0.6) is 5.75 Å². The minimum Gasteiger partial charge on any atom is -0.489 e. The van der Waals surface area contributed by atoms with Gasteiger partial charge in [0.15, 0.2) is 0 Å². The van der Waals surface area contributed by atoms with Crippen molar-refractivity contribution in [3.05, 3.63) is 65.2 Å². The van der Waals surface area contributed by atoms with E-state index in [1.165, 1.54) is 4.90 Å². The minimum atomic E-state index is -1.22. The van der Waals surface area contributed by atoms with Crippen LogP contribution in [0.2, 0.25) is 0 Å². The molecule has 1 N–H and O–H groups in total. The van der Waals surface area contributed by atoms with Gasteiger partial charge in [-0.1, -0.05) is 30.3 Å². The topological polar surface area (TPSA) is 66.8 Å². The van der Waals surface area contributed by atoms with E-state index in [4.69, 9.17) is 4.74 Å². The van der Waals surface area contributed by atoms with Crippen LogP contribution in [0.4, 0.5) is 0 Å². The van der Waals surface area contributed by atoms with Crippen molar-refractivity contribution in [3.63, 3.8) is 0 Å². The molecule has 0 radical (unpaired) electrons. The van der Waals surface area contributed by atoms with Crippen molar-refractivity contribution < 1.29 is 19.4 Å². The highest BCUT2D eigenvalue weighted by Gasteiger charge is 2.40. The molecule has 25 heavy (non-hydrogen) atoms. The Morgan fingerprint density at radius 2 is 1.92 bits per heavy atom. The van der Waals surface area contributed by atoms with Gasteiger partial charge in [0, 0.05) is 12.1 Å². The summed E-state index contributed by atoms with van der Waals surface area (Å²) < 4.78 is 5.81. The van der Waals surface area contributed by atoms with Crippen molar-refractivity contribution in [3.8, 4) is 5.75 Å². The zero-order valence-electron chi connectivity index (χ0n) is 14.4. The number of carboxylic acids is 1. The standard InChI is InChI=1S/C20H21NO4/c1-20(2,19(23)24)21-11-10-15-12-16(8-9-17(15)18(21)22)25-13-14-6-4-3-5-7-14/h3-9,12H,10-11,13H2,1-2H3,(H,23,24). The highest BCUT2D eigenvalue weighted by Crippen LogP contribution is 2.28. The Bertz CT molecular complexity index is 799. The lowest BCUT2D eigenvalue weighted by Crippen LogP contribution is -2.55. The average molecular weight is 339 g/mol. The van der Waals surface area contributed by atoms with Crippen LogP contribution in [0, 0.1) is 0 Å². The molecule has 0 aromatic heterocycles. The van der Waals surface area contributed by atoms with E-state index in [2.05, 4.69) is 0 Å². The van der Waals surface area contributed by atoms with E-state index in [0.29, 0.717) is 30.9 Å². The van der Waals surface area contributed by atoms with Gasteiger partial charge in [0.25, 0.3) is 5.91 Å². The monoisotopic (exact) mass is 339 g/mol. The van der Waals surface area contributed by atoms with E-state index in [0.717, 1.165) is 11.1 Å². The zero-order chi connectivity index (χ0) is 18.0. The van der Waals surface area contributed by atoms with Crippen molar-refractivity contribution >= 4 is 11.9 Å². The number of nitrogens with zero attached hydrogens (tertiary/aromatic N) is 1. The quantitative estimate of drug-likeness (QED) is 0.909. The summed E-state index contributed by atoms with van der Waals surface area (Å²) in [5.74, 6) is -0.545. The van der Waals surface area contributed by atoms with Gasteiger partial charge in [-0.25, -0.2) is 4.79 Å². The molecule has 1 aliphatic rings. The Morgan fingerprint density at radius 1 is 1.20 bits per heavy atom. The third-order valence-electron chi connectivity index (χ3n) is 4.60. The fraction of sp³-hybridized carbons (Fsp3) is 0.300. The third kappa shape index (κ3) is 3.36. The molecule has 0 aliphatic carbocycles. The van der Waals surface area contributed by atoms with E-state index >= 15 is 0 Å². The van der Waals surface area contributed by atoms with Gasteiger partial charge in [-0.05, 0) is 49.6 Å². The van der Waals surface area contributed by atoms with Crippen molar-refractivity contribution in [1.29, 1.82) is 0 Å². The second-order valence-corrected chi connectivity index (χ2v) is 6.66. The third-order valence-corrected chi connectivity index (χ3v) is 4.60. The molecule has 0 bridgehead atoms. The first-order valence-corrected chi connectivity index (χ1v) is 8.24. The number of rotatable bonds is 5. The molecular formula is C20H21NO4. The highest BCUT2D eigenvalue weighted by atomic mass is 16.5. The van der Waals surface area contributed by atoms with E-state index in [9.17, 15) is 14.7 Å². The first-order valence-electron chi connectivity index (χ1n) is 8.24. The average Bonchev–Trinajstić information content (AvgIpc) is 2.60. The normalized spacial score (nSPS) is 14.2. The summed E-state index contributed by atoms with van der Waals surface area (Å²) in [5.41, 5.74) is 1.29. The molecule has 1 heterocycles. The van der Waals surface area contributed by atoms with Gasteiger partial charge in [0.1, 0.15) is 17.9 Å². The van der Waals surface area contributed by atoms with Gasteiger partial charge < -0.3 is 14.7 Å². The lowest BCUT2D eigenvalue weighted by Gasteiger charge is -2.38. The van der Waals surface area contributed by atoms with Crippen molar-refractivity contribution in [2.24, 2.45) is 0 Å². The lowest BCUT2D eigenvalue weighted by atomic mass is 9.93. The number of benzene rings is 2. The fourth-order valence-electron chi connectivity index (χ4n) is 2.94. The van der Waals surface area contributed by atoms with Crippen LogP contribution in [0.3, 0.4) is 0 Å². The molecule has 0 atom stereocenters. The Hall–Kier alpha value is -2.82. The summed E-state index contributed by atoms with van der Waals surface area (Å²) in [6, 6.07) is 15.2. The first kappa shape index (κ1) is 17.0. The number of hydrogen-bond acceptors (Lipinski definition) is 3. The van der Waals surface area contributed by atoms with Crippen LogP contribution in [0.1, 0.15) is 35.3 Å². The number of fused-ring (bicyclic) bond motifs is 1. The Morgan fingerprint density at radius 3 is 2.60 bits per heavy atom. The molecule has 2 aromatic carbocycles. The van der Waals surface area contributed by atoms with Gasteiger partial charge in [-0.3, -0.25) is 4.79 Å². The second kappa shape index (κ2) is 6.59. The summed E-state index contributed by atoms with van der Waals surface area (Å²) in [7, 11) is 0.